The van der Waals surface area contributed by atoms with E-state index in [0.29, 0.717) is 11.4 Å². The Kier molecular flexibility index (Phi) is 7.34. The number of benzene rings is 8. The Bertz CT molecular complexity index is 3310. The lowest BCUT2D eigenvalue weighted by Gasteiger charge is -2.12. The van der Waals surface area contributed by atoms with Gasteiger partial charge in [-0.1, -0.05) is 127 Å². The van der Waals surface area contributed by atoms with Crippen LogP contribution in [0.25, 0.3) is 99.7 Å². The first-order chi connectivity index (χ1) is 28.1. The van der Waals surface area contributed by atoms with Crippen molar-refractivity contribution in [1.82, 2.24) is 19.1 Å². The second-order valence-corrected chi connectivity index (χ2v) is 14.2. The van der Waals surface area contributed by atoms with Gasteiger partial charge in [-0.2, -0.15) is 0 Å². The van der Waals surface area contributed by atoms with Crippen LogP contribution in [0.15, 0.2) is 188 Å². The molecule has 8 aromatic carbocycles. The number of nitro benzene ring substituents is 1. The lowest BCUT2D eigenvalue weighted by molar-refractivity contribution is -0.384. The van der Waals surface area contributed by atoms with Crippen LogP contribution in [0, 0.1) is 10.1 Å². The molecule has 0 aliphatic carbocycles. The van der Waals surface area contributed by atoms with E-state index in [9.17, 15) is 10.1 Å². The average molecular weight is 734 g/mol. The van der Waals surface area contributed by atoms with Crippen molar-refractivity contribution in [2.75, 3.05) is 0 Å². The summed E-state index contributed by atoms with van der Waals surface area (Å²) >= 11 is 0. The Morgan fingerprint density at radius 3 is 1.81 bits per heavy atom. The summed E-state index contributed by atoms with van der Waals surface area (Å²) in [6.45, 7) is 0. The van der Waals surface area contributed by atoms with Crippen molar-refractivity contribution < 1.29 is 4.92 Å². The molecule has 11 aromatic rings. The van der Waals surface area contributed by atoms with Crippen LogP contribution in [-0.2, 0) is 0 Å². The largest absolute Gasteiger partial charge is 0.309 e. The first-order valence-corrected chi connectivity index (χ1v) is 18.8. The van der Waals surface area contributed by atoms with E-state index in [-0.39, 0.29) is 10.6 Å². The molecule has 7 nitrogen and oxygen atoms in total. The SMILES string of the molecule is O=[N+]([O-])c1ccccc1-c1ccc2c(c1)c1c3c(ccc1n2-c1ccccc1)ccc1c3c2ccccc2n1-c1cc(-c2ccccc2)nc(-c2ccccc2)n1. The van der Waals surface area contributed by atoms with Crippen LogP contribution in [0.5, 0.6) is 0 Å². The van der Waals surface area contributed by atoms with Crippen LogP contribution in [0.1, 0.15) is 0 Å². The minimum absolute atomic E-state index is 0.0774. The Balaban J connectivity index is 1.28. The Hall–Kier alpha value is -7.90. The maximum Gasteiger partial charge on any atom is 0.277 e. The predicted octanol–water partition coefficient (Wildman–Crippen LogP) is 12.7. The van der Waals surface area contributed by atoms with Crippen LogP contribution < -0.4 is 0 Å². The van der Waals surface area contributed by atoms with Gasteiger partial charge < -0.3 is 4.57 Å². The molecular formula is C50H31N5O2. The molecule has 57 heavy (non-hydrogen) atoms. The monoisotopic (exact) mass is 733 g/mol. The van der Waals surface area contributed by atoms with Gasteiger partial charge in [-0.3, -0.25) is 14.7 Å². The minimum Gasteiger partial charge on any atom is -0.309 e. The number of para-hydroxylation sites is 3. The summed E-state index contributed by atoms with van der Waals surface area (Å²) in [5, 5.41) is 18.7. The van der Waals surface area contributed by atoms with Crippen LogP contribution >= 0.6 is 0 Å². The Morgan fingerprint density at radius 2 is 1.05 bits per heavy atom. The van der Waals surface area contributed by atoms with Gasteiger partial charge >= 0.3 is 0 Å². The highest BCUT2D eigenvalue weighted by Crippen LogP contribution is 2.45. The zero-order valence-corrected chi connectivity index (χ0v) is 30.5. The fourth-order valence-corrected chi connectivity index (χ4v) is 8.55. The first kappa shape index (κ1) is 32.5. The van der Waals surface area contributed by atoms with Crippen molar-refractivity contribution in [3.63, 3.8) is 0 Å². The van der Waals surface area contributed by atoms with Crippen molar-refractivity contribution in [1.29, 1.82) is 0 Å². The van der Waals surface area contributed by atoms with Crippen molar-refractivity contribution in [3.8, 4) is 45.3 Å². The average Bonchev–Trinajstić information content (AvgIpc) is 3.80. The first-order valence-electron chi connectivity index (χ1n) is 18.8. The van der Waals surface area contributed by atoms with E-state index in [0.717, 1.165) is 88.3 Å². The molecule has 0 radical (unpaired) electrons. The Labute approximate surface area is 326 Å². The molecule has 3 heterocycles. The minimum atomic E-state index is -0.305. The molecule has 0 saturated heterocycles. The van der Waals surface area contributed by atoms with Crippen LogP contribution in [0.2, 0.25) is 0 Å². The molecule has 0 atom stereocenters. The summed E-state index contributed by atoms with van der Waals surface area (Å²) in [6.07, 6.45) is 0. The van der Waals surface area contributed by atoms with Gasteiger partial charge in [0.05, 0.1) is 38.2 Å². The van der Waals surface area contributed by atoms with Crippen molar-refractivity contribution in [2.24, 2.45) is 0 Å². The molecule has 0 unspecified atom stereocenters. The molecular weight excluding hydrogens is 703 g/mol. The van der Waals surface area contributed by atoms with E-state index in [2.05, 4.69) is 112 Å². The third-order valence-corrected chi connectivity index (χ3v) is 11.0. The van der Waals surface area contributed by atoms with Gasteiger partial charge in [0.1, 0.15) is 5.82 Å². The van der Waals surface area contributed by atoms with Crippen LogP contribution in [-0.4, -0.2) is 24.0 Å². The number of fused-ring (bicyclic) bond motifs is 9. The van der Waals surface area contributed by atoms with Crippen molar-refractivity contribution in [3.05, 3.63) is 198 Å². The number of nitro groups is 1. The summed E-state index contributed by atoms with van der Waals surface area (Å²) in [7, 11) is 0. The summed E-state index contributed by atoms with van der Waals surface area (Å²) in [6, 6.07) is 63.3. The lowest BCUT2D eigenvalue weighted by Crippen LogP contribution is -2.02. The molecule has 0 spiro atoms. The van der Waals surface area contributed by atoms with Crippen molar-refractivity contribution in [2.45, 2.75) is 0 Å². The zero-order valence-electron chi connectivity index (χ0n) is 30.5. The summed E-state index contributed by atoms with van der Waals surface area (Å²) in [5.74, 6) is 1.42. The normalized spacial score (nSPS) is 11.6. The molecule has 0 N–H and O–H groups in total. The second-order valence-electron chi connectivity index (χ2n) is 14.2. The van der Waals surface area contributed by atoms with Gasteiger partial charge in [-0.05, 0) is 59.5 Å². The molecule has 0 saturated carbocycles. The molecule has 0 fully saturated rings. The molecule has 0 amide bonds. The number of nitrogens with zero attached hydrogens (tertiary/aromatic N) is 5. The zero-order chi connectivity index (χ0) is 38.0. The fraction of sp³-hybridized carbons (Fsp3) is 0. The molecule has 7 heteroatoms. The van der Waals surface area contributed by atoms with Gasteiger partial charge in [-0.25, -0.2) is 9.97 Å². The second kappa shape index (κ2) is 12.9. The highest BCUT2D eigenvalue weighted by atomic mass is 16.6. The molecule has 0 bridgehead atoms. The number of hydrogen-bond donors (Lipinski definition) is 0. The number of hydrogen-bond acceptors (Lipinski definition) is 4. The molecule has 268 valence electrons. The highest BCUT2D eigenvalue weighted by Gasteiger charge is 2.23. The topological polar surface area (TPSA) is 78.8 Å². The summed E-state index contributed by atoms with van der Waals surface area (Å²) < 4.78 is 4.56. The molecule has 0 aliphatic heterocycles. The standard InChI is InChI=1S/C50H31N5O2/c56-55(57)43-23-13-10-20-37(43)35-26-27-42-39(30-35)49-44(53(42)36-18-8-3-9-19-36)28-24-33-25-29-45-48(47(33)49)38-21-11-12-22-41(38)54(45)46-31-40(32-14-4-1-5-15-32)51-50(52-46)34-16-6-2-7-17-34/h1-31H. The lowest BCUT2D eigenvalue weighted by atomic mass is 9.96. The number of rotatable bonds is 6. The summed E-state index contributed by atoms with van der Waals surface area (Å²) in [4.78, 5) is 22.3. The number of aromatic nitrogens is 4. The van der Waals surface area contributed by atoms with Crippen molar-refractivity contribution >= 4 is 60.1 Å². The smallest absolute Gasteiger partial charge is 0.277 e. The summed E-state index contributed by atoms with van der Waals surface area (Å²) in [5.41, 5.74) is 9.38. The molecule has 0 aliphatic rings. The maximum absolute atomic E-state index is 12.2. The van der Waals surface area contributed by atoms with Gasteiger partial charge in [-0.15, -0.1) is 0 Å². The van der Waals surface area contributed by atoms with E-state index in [1.807, 2.05) is 72.8 Å². The van der Waals surface area contributed by atoms with Gasteiger partial charge in [0.2, 0.25) is 0 Å². The molecule has 11 rings (SSSR count). The third kappa shape index (κ3) is 5.13. The van der Waals surface area contributed by atoms with Gasteiger partial charge in [0.15, 0.2) is 5.82 Å². The highest BCUT2D eigenvalue weighted by molar-refractivity contribution is 6.33. The molecule has 3 aromatic heterocycles. The van der Waals surface area contributed by atoms with E-state index in [1.165, 1.54) is 0 Å². The fourth-order valence-electron chi connectivity index (χ4n) is 8.55. The van der Waals surface area contributed by atoms with E-state index in [1.54, 1.807) is 12.1 Å². The van der Waals surface area contributed by atoms with Gasteiger partial charge in [0.25, 0.3) is 5.69 Å². The van der Waals surface area contributed by atoms with Crippen LogP contribution in [0.3, 0.4) is 0 Å². The van der Waals surface area contributed by atoms with E-state index in [4.69, 9.17) is 9.97 Å². The maximum atomic E-state index is 12.2. The van der Waals surface area contributed by atoms with Crippen LogP contribution in [0.4, 0.5) is 5.69 Å². The van der Waals surface area contributed by atoms with E-state index >= 15 is 0 Å². The van der Waals surface area contributed by atoms with Gasteiger partial charge in [0, 0.05) is 55.9 Å². The predicted molar refractivity (Wildman–Crippen MR) is 231 cm³/mol. The third-order valence-electron chi connectivity index (χ3n) is 11.0. The Morgan fingerprint density at radius 1 is 0.456 bits per heavy atom. The van der Waals surface area contributed by atoms with E-state index < -0.39 is 0 Å². The quantitative estimate of drug-likeness (QED) is 0.126.